The number of rotatable bonds is 7. The van der Waals surface area contributed by atoms with Crippen molar-refractivity contribution in [3.05, 3.63) is 24.0 Å². The summed E-state index contributed by atoms with van der Waals surface area (Å²) in [7, 11) is 0. The number of alkyl halides is 3. The van der Waals surface area contributed by atoms with Gasteiger partial charge in [-0.3, -0.25) is 9.59 Å². The van der Waals surface area contributed by atoms with E-state index in [9.17, 15) is 22.8 Å². The van der Waals surface area contributed by atoms with Gasteiger partial charge in [0.1, 0.15) is 12.2 Å². The number of amides is 1. The van der Waals surface area contributed by atoms with E-state index >= 15 is 0 Å². The largest absolute Gasteiger partial charge is 0.481 e. The zero-order chi connectivity index (χ0) is 16.0. The second-order valence-electron chi connectivity index (χ2n) is 4.80. The Bertz CT molecular complexity index is 497. The van der Waals surface area contributed by atoms with Crippen LogP contribution < -0.4 is 5.32 Å². The predicted octanol–water partition coefficient (Wildman–Crippen LogP) is 2.42. The molecule has 1 aromatic heterocycles. The van der Waals surface area contributed by atoms with Crippen LogP contribution in [-0.2, 0) is 11.3 Å². The fourth-order valence-electron chi connectivity index (χ4n) is 1.88. The third-order valence-corrected chi connectivity index (χ3v) is 2.82. The Morgan fingerprint density at radius 2 is 2.10 bits per heavy atom. The molecule has 0 spiro atoms. The zero-order valence-electron chi connectivity index (χ0n) is 11.5. The smallest absolute Gasteiger partial charge is 0.406 e. The number of hydrogen-bond acceptors (Lipinski definition) is 2. The average Bonchev–Trinajstić information content (AvgIpc) is 2.73. The SMILES string of the molecule is CC(CCCC(=O)O)NC(=O)c1cccn1CC(F)(F)F. The molecule has 0 saturated heterocycles. The molecule has 1 unspecified atom stereocenters. The number of aromatic nitrogens is 1. The van der Waals surface area contributed by atoms with Crippen LogP contribution in [0.4, 0.5) is 13.2 Å². The molecule has 118 valence electrons. The fourth-order valence-corrected chi connectivity index (χ4v) is 1.88. The quantitative estimate of drug-likeness (QED) is 0.812. The molecule has 0 aliphatic heterocycles. The van der Waals surface area contributed by atoms with E-state index < -0.39 is 24.6 Å². The van der Waals surface area contributed by atoms with Crippen molar-refractivity contribution in [2.45, 2.75) is 44.9 Å². The van der Waals surface area contributed by atoms with E-state index in [1.807, 2.05) is 0 Å². The van der Waals surface area contributed by atoms with Gasteiger partial charge in [0.05, 0.1) is 0 Å². The van der Waals surface area contributed by atoms with Crippen molar-refractivity contribution < 1.29 is 27.9 Å². The molecule has 0 aliphatic carbocycles. The topological polar surface area (TPSA) is 71.3 Å². The number of carbonyl (C=O) groups excluding carboxylic acids is 1. The third-order valence-electron chi connectivity index (χ3n) is 2.82. The molecular weight excluding hydrogens is 289 g/mol. The minimum Gasteiger partial charge on any atom is -0.481 e. The van der Waals surface area contributed by atoms with Crippen molar-refractivity contribution in [1.29, 1.82) is 0 Å². The standard InChI is InChI=1S/C13H17F3N2O3/c1-9(4-2-6-11(19)20)17-12(21)10-5-3-7-18(10)8-13(14,15)16/h3,5,7,9H,2,4,6,8H2,1H3,(H,17,21)(H,19,20). The van der Waals surface area contributed by atoms with Gasteiger partial charge in [0.15, 0.2) is 0 Å². The molecule has 0 bridgehead atoms. The number of aliphatic carboxylic acids is 1. The van der Waals surface area contributed by atoms with Gasteiger partial charge in [0, 0.05) is 18.7 Å². The lowest BCUT2D eigenvalue weighted by atomic mass is 10.1. The van der Waals surface area contributed by atoms with Crippen molar-refractivity contribution in [2.24, 2.45) is 0 Å². The monoisotopic (exact) mass is 306 g/mol. The summed E-state index contributed by atoms with van der Waals surface area (Å²) in [6.07, 6.45) is -2.39. The van der Waals surface area contributed by atoms with Gasteiger partial charge in [-0.15, -0.1) is 0 Å². The fraction of sp³-hybridized carbons (Fsp3) is 0.538. The summed E-state index contributed by atoms with van der Waals surface area (Å²) in [5.41, 5.74) is -0.0718. The van der Waals surface area contributed by atoms with Crippen LogP contribution in [0.15, 0.2) is 18.3 Å². The lowest BCUT2D eigenvalue weighted by Crippen LogP contribution is -2.34. The van der Waals surface area contributed by atoms with Gasteiger partial charge < -0.3 is 15.0 Å². The van der Waals surface area contributed by atoms with Gasteiger partial charge in [-0.2, -0.15) is 13.2 Å². The summed E-state index contributed by atoms with van der Waals surface area (Å²) in [4.78, 5) is 22.3. The van der Waals surface area contributed by atoms with Gasteiger partial charge >= 0.3 is 12.1 Å². The molecule has 2 N–H and O–H groups in total. The normalized spacial score (nSPS) is 13.0. The summed E-state index contributed by atoms with van der Waals surface area (Å²) in [6, 6.07) is 2.37. The molecular formula is C13H17F3N2O3. The Labute approximate surface area is 119 Å². The molecule has 0 saturated carbocycles. The second-order valence-corrected chi connectivity index (χ2v) is 4.80. The Hall–Kier alpha value is -1.99. The third kappa shape index (κ3) is 6.33. The van der Waals surface area contributed by atoms with Crippen molar-refractivity contribution in [2.75, 3.05) is 0 Å². The Morgan fingerprint density at radius 3 is 2.67 bits per heavy atom. The molecule has 0 fully saturated rings. The molecule has 1 aromatic rings. The number of nitrogens with one attached hydrogen (secondary N) is 1. The average molecular weight is 306 g/mol. The van der Waals surface area contributed by atoms with Crippen LogP contribution in [0.1, 0.15) is 36.7 Å². The maximum Gasteiger partial charge on any atom is 0.406 e. The highest BCUT2D eigenvalue weighted by atomic mass is 19.4. The van der Waals surface area contributed by atoms with E-state index in [1.54, 1.807) is 6.92 Å². The summed E-state index contributed by atoms with van der Waals surface area (Å²) < 4.78 is 37.9. The summed E-state index contributed by atoms with van der Waals surface area (Å²) >= 11 is 0. The molecule has 0 aliphatic rings. The number of carbonyl (C=O) groups is 2. The lowest BCUT2D eigenvalue weighted by molar-refractivity contribution is -0.140. The molecule has 0 radical (unpaired) electrons. The van der Waals surface area contributed by atoms with Crippen molar-refractivity contribution in [1.82, 2.24) is 9.88 Å². The molecule has 21 heavy (non-hydrogen) atoms. The predicted molar refractivity (Wildman–Crippen MR) is 68.9 cm³/mol. The van der Waals surface area contributed by atoms with E-state index in [2.05, 4.69) is 5.32 Å². The van der Waals surface area contributed by atoms with Crippen LogP contribution >= 0.6 is 0 Å². The van der Waals surface area contributed by atoms with Gasteiger partial charge in [-0.25, -0.2) is 0 Å². The first-order valence-corrected chi connectivity index (χ1v) is 6.43. The van der Waals surface area contributed by atoms with E-state index in [0.29, 0.717) is 12.8 Å². The Balaban J connectivity index is 2.56. The highest BCUT2D eigenvalue weighted by Gasteiger charge is 2.29. The van der Waals surface area contributed by atoms with E-state index in [4.69, 9.17) is 5.11 Å². The van der Waals surface area contributed by atoms with Crippen LogP contribution in [0.25, 0.3) is 0 Å². The maximum atomic E-state index is 12.4. The van der Waals surface area contributed by atoms with Crippen LogP contribution in [0, 0.1) is 0 Å². The lowest BCUT2D eigenvalue weighted by Gasteiger charge is -2.15. The minimum atomic E-state index is -4.40. The Morgan fingerprint density at radius 1 is 1.43 bits per heavy atom. The van der Waals surface area contributed by atoms with Gasteiger partial charge in [0.2, 0.25) is 0 Å². The van der Waals surface area contributed by atoms with Crippen molar-refractivity contribution in [3.8, 4) is 0 Å². The summed E-state index contributed by atoms with van der Waals surface area (Å²) in [6.45, 7) is 0.451. The van der Waals surface area contributed by atoms with Crippen LogP contribution in [-0.4, -0.2) is 33.8 Å². The number of carboxylic acid groups (broad SMARTS) is 1. The van der Waals surface area contributed by atoms with Crippen molar-refractivity contribution in [3.63, 3.8) is 0 Å². The highest BCUT2D eigenvalue weighted by molar-refractivity contribution is 5.92. The second kappa shape index (κ2) is 7.14. The first-order chi connectivity index (χ1) is 9.69. The molecule has 1 amide bonds. The molecule has 1 heterocycles. The zero-order valence-corrected chi connectivity index (χ0v) is 11.5. The van der Waals surface area contributed by atoms with Crippen LogP contribution in [0.5, 0.6) is 0 Å². The van der Waals surface area contributed by atoms with E-state index in [0.717, 1.165) is 4.57 Å². The van der Waals surface area contributed by atoms with Crippen molar-refractivity contribution >= 4 is 11.9 Å². The van der Waals surface area contributed by atoms with Crippen LogP contribution in [0.3, 0.4) is 0 Å². The molecule has 0 aromatic carbocycles. The molecule has 8 heteroatoms. The molecule has 1 rings (SSSR count). The van der Waals surface area contributed by atoms with E-state index in [1.165, 1.54) is 18.3 Å². The minimum absolute atomic E-state index is 0.00926. The maximum absolute atomic E-state index is 12.4. The molecule has 1 atom stereocenters. The first kappa shape index (κ1) is 17.1. The van der Waals surface area contributed by atoms with Gasteiger partial charge in [0.25, 0.3) is 5.91 Å². The number of hydrogen-bond donors (Lipinski definition) is 2. The summed E-state index contributed by atoms with van der Waals surface area (Å²) in [5, 5.41) is 11.1. The first-order valence-electron chi connectivity index (χ1n) is 6.43. The summed E-state index contributed by atoms with van der Waals surface area (Å²) in [5.74, 6) is -1.53. The molecule has 5 nitrogen and oxygen atoms in total. The highest BCUT2D eigenvalue weighted by Crippen LogP contribution is 2.19. The number of nitrogens with zero attached hydrogens (tertiary/aromatic N) is 1. The van der Waals surface area contributed by atoms with E-state index in [-0.39, 0.29) is 18.2 Å². The number of carboxylic acids is 1. The van der Waals surface area contributed by atoms with Gasteiger partial charge in [-0.05, 0) is 31.9 Å². The van der Waals surface area contributed by atoms with Gasteiger partial charge in [-0.1, -0.05) is 0 Å². The van der Waals surface area contributed by atoms with Crippen LogP contribution in [0.2, 0.25) is 0 Å². The number of halogens is 3. The Kier molecular flexibility index (Phi) is 5.80.